The fourth-order valence-electron chi connectivity index (χ4n) is 2.32. The number of alkyl halides is 3. The van der Waals surface area contributed by atoms with Crippen molar-refractivity contribution in [1.82, 2.24) is 19.6 Å². The van der Waals surface area contributed by atoms with Gasteiger partial charge in [-0.05, 0) is 12.8 Å². The summed E-state index contributed by atoms with van der Waals surface area (Å²) >= 11 is 0. The number of rotatable bonds is 4. The van der Waals surface area contributed by atoms with Gasteiger partial charge in [-0.15, -0.1) is 0 Å². The number of halogens is 3. The molecule has 0 aromatic carbocycles. The van der Waals surface area contributed by atoms with Crippen LogP contribution >= 0.6 is 0 Å². The summed E-state index contributed by atoms with van der Waals surface area (Å²) in [6.07, 6.45) is -0.785. The molecule has 1 fully saturated rings. The molecular formula is C13H16F3N5. The van der Waals surface area contributed by atoms with Gasteiger partial charge in [-0.25, -0.2) is 0 Å². The highest BCUT2D eigenvalue weighted by molar-refractivity contribution is 5.40. The quantitative estimate of drug-likeness (QED) is 0.944. The number of hydrogen-bond acceptors (Lipinski definition) is 3. The molecule has 3 rings (SSSR count). The Morgan fingerprint density at radius 2 is 2.00 bits per heavy atom. The third kappa shape index (κ3) is 2.88. The molecule has 0 aliphatic heterocycles. The molecule has 5 nitrogen and oxygen atoms in total. The molecular weight excluding hydrogens is 283 g/mol. The van der Waals surface area contributed by atoms with Crippen molar-refractivity contribution in [3.63, 3.8) is 0 Å². The fraction of sp³-hybridized carbons (Fsp3) is 0.538. The van der Waals surface area contributed by atoms with Crippen LogP contribution in [0.25, 0.3) is 0 Å². The third-order valence-electron chi connectivity index (χ3n) is 3.53. The maximum Gasteiger partial charge on any atom is 0.435 e. The zero-order valence-electron chi connectivity index (χ0n) is 11.8. The molecule has 1 aliphatic rings. The van der Waals surface area contributed by atoms with E-state index in [4.69, 9.17) is 0 Å². The molecule has 1 aliphatic carbocycles. The lowest BCUT2D eigenvalue weighted by Gasteiger charge is -2.08. The standard InChI is InChI=1S/C13H16F3N5/c1-20-7-9(12(19-20)13(14,15)16)6-17-11-5-10(8-3-4-8)18-21(11)2/h5,7-8,17H,3-4,6H2,1-2H3. The van der Waals surface area contributed by atoms with E-state index < -0.39 is 11.9 Å². The predicted molar refractivity (Wildman–Crippen MR) is 70.7 cm³/mol. The minimum atomic E-state index is -4.44. The molecule has 21 heavy (non-hydrogen) atoms. The predicted octanol–water partition coefficient (Wildman–Crippen LogP) is 2.66. The van der Waals surface area contributed by atoms with Crippen LogP contribution in [0.2, 0.25) is 0 Å². The van der Waals surface area contributed by atoms with Crippen LogP contribution in [0.3, 0.4) is 0 Å². The third-order valence-corrected chi connectivity index (χ3v) is 3.53. The molecule has 0 unspecified atom stereocenters. The van der Waals surface area contributed by atoms with Crippen molar-refractivity contribution in [2.75, 3.05) is 5.32 Å². The van der Waals surface area contributed by atoms with E-state index in [9.17, 15) is 13.2 Å². The zero-order valence-corrected chi connectivity index (χ0v) is 11.8. The van der Waals surface area contributed by atoms with Crippen molar-refractivity contribution in [2.45, 2.75) is 31.5 Å². The lowest BCUT2D eigenvalue weighted by atomic mass is 10.2. The molecule has 0 atom stereocenters. The Morgan fingerprint density at radius 1 is 1.29 bits per heavy atom. The lowest BCUT2D eigenvalue weighted by Crippen LogP contribution is -2.12. The Kier molecular flexibility index (Phi) is 3.18. The van der Waals surface area contributed by atoms with E-state index in [2.05, 4.69) is 15.5 Å². The summed E-state index contributed by atoms with van der Waals surface area (Å²) in [7, 11) is 3.26. The van der Waals surface area contributed by atoms with Gasteiger partial charge in [0.05, 0.1) is 5.69 Å². The van der Waals surface area contributed by atoms with Gasteiger partial charge in [-0.1, -0.05) is 0 Å². The summed E-state index contributed by atoms with van der Waals surface area (Å²) < 4.78 is 41.4. The zero-order chi connectivity index (χ0) is 15.2. The average Bonchev–Trinajstić information content (AvgIpc) is 3.06. The van der Waals surface area contributed by atoms with Crippen LogP contribution in [0.15, 0.2) is 12.3 Å². The van der Waals surface area contributed by atoms with Crippen molar-refractivity contribution in [3.8, 4) is 0 Å². The molecule has 1 saturated carbocycles. The Morgan fingerprint density at radius 3 is 2.62 bits per heavy atom. The smallest absolute Gasteiger partial charge is 0.366 e. The number of hydrogen-bond donors (Lipinski definition) is 1. The minimum Gasteiger partial charge on any atom is -0.366 e. The Labute approximate surface area is 119 Å². The van der Waals surface area contributed by atoms with Crippen LogP contribution in [0.5, 0.6) is 0 Å². The molecule has 2 heterocycles. The summed E-state index contributed by atoms with van der Waals surface area (Å²) in [5, 5.41) is 10.9. The molecule has 1 N–H and O–H groups in total. The van der Waals surface area contributed by atoms with E-state index in [1.807, 2.05) is 6.07 Å². The molecule has 0 radical (unpaired) electrons. The number of aromatic nitrogens is 4. The van der Waals surface area contributed by atoms with E-state index in [1.54, 1.807) is 11.7 Å². The summed E-state index contributed by atoms with van der Waals surface area (Å²) in [6, 6.07) is 1.90. The van der Waals surface area contributed by atoms with Crippen LogP contribution < -0.4 is 5.32 Å². The van der Waals surface area contributed by atoms with Crippen molar-refractivity contribution >= 4 is 5.82 Å². The van der Waals surface area contributed by atoms with Gasteiger partial charge in [0.1, 0.15) is 5.82 Å². The molecule has 8 heteroatoms. The topological polar surface area (TPSA) is 47.7 Å². The highest BCUT2D eigenvalue weighted by atomic mass is 19.4. The molecule has 2 aromatic rings. The van der Waals surface area contributed by atoms with Crippen molar-refractivity contribution in [1.29, 1.82) is 0 Å². The normalized spacial score (nSPS) is 15.5. The van der Waals surface area contributed by atoms with Gasteiger partial charge in [0.25, 0.3) is 0 Å². The van der Waals surface area contributed by atoms with Gasteiger partial charge < -0.3 is 5.32 Å². The fourth-order valence-corrected chi connectivity index (χ4v) is 2.32. The summed E-state index contributed by atoms with van der Waals surface area (Å²) in [6.45, 7) is 0.0618. The largest absolute Gasteiger partial charge is 0.435 e. The van der Waals surface area contributed by atoms with E-state index >= 15 is 0 Å². The number of nitrogens with one attached hydrogen (secondary N) is 1. The molecule has 114 valence electrons. The summed E-state index contributed by atoms with van der Waals surface area (Å²) in [5.41, 5.74) is 0.281. The van der Waals surface area contributed by atoms with Gasteiger partial charge in [0.2, 0.25) is 0 Å². The van der Waals surface area contributed by atoms with E-state index in [-0.39, 0.29) is 12.1 Å². The molecule has 2 aromatic heterocycles. The molecule has 0 spiro atoms. The first-order chi connectivity index (χ1) is 9.84. The average molecular weight is 299 g/mol. The van der Waals surface area contributed by atoms with Gasteiger partial charge >= 0.3 is 6.18 Å². The van der Waals surface area contributed by atoms with Gasteiger partial charge in [0.15, 0.2) is 5.69 Å². The SMILES string of the molecule is Cn1cc(CNc2cc(C3CC3)nn2C)c(C(F)(F)F)n1. The maximum absolute atomic E-state index is 12.9. The second kappa shape index (κ2) is 4.78. The first-order valence-corrected chi connectivity index (χ1v) is 6.72. The van der Waals surface area contributed by atoms with Gasteiger partial charge in [-0.3, -0.25) is 9.36 Å². The van der Waals surface area contributed by atoms with Crippen LogP contribution in [-0.2, 0) is 26.8 Å². The second-order valence-electron chi connectivity index (χ2n) is 5.38. The van der Waals surface area contributed by atoms with Crippen LogP contribution in [0, 0.1) is 0 Å². The second-order valence-corrected chi connectivity index (χ2v) is 5.38. The minimum absolute atomic E-state index is 0.0618. The summed E-state index contributed by atoms with van der Waals surface area (Å²) in [5.74, 6) is 1.23. The first kappa shape index (κ1) is 14.0. The first-order valence-electron chi connectivity index (χ1n) is 6.72. The van der Waals surface area contributed by atoms with E-state index in [0.717, 1.165) is 18.5 Å². The Balaban J connectivity index is 1.76. The number of anilines is 1. The van der Waals surface area contributed by atoms with Gasteiger partial charge in [0, 0.05) is 44.4 Å². The number of nitrogens with zero attached hydrogens (tertiary/aromatic N) is 4. The summed E-state index contributed by atoms with van der Waals surface area (Å²) in [4.78, 5) is 0. The van der Waals surface area contributed by atoms with Crippen LogP contribution in [0.1, 0.15) is 35.7 Å². The van der Waals surface area contributed by atoms with Crippen molar-refractivity contribution in [3.05, 3.63) is 29.2 Å². The highest BCUT2D eigenvalue weighted by Gasteiger charge is 2.36. The highest BCUT2D eigenvalue weighted by Crippen LogP contribution is 2.40. The van der Waals surface area contributed by atoms with E-state index in [0.29, 0.717) is 11.7 Å². The van der Waals surface area contributed by atoms with Gasteiger partial charge in [-0.2, -0.15) is 23.4 Å². The molecule has 0 amide bonds. The Hall–Kier alpha value is -1.99. The Bertz CT molecular complexity index is 651. The lowest BCUT2D eigenvalue weighted by molar-refractivity contribution is -0.142. The monoisotopic (exact) mass is 299 g/mol. The van der Waals surface area contributed by atoms with Crippen molar-refractivity contribution < 1.29 is 13.2 Å². The van der Waals surface area contributed by atoms with E-state index in [1.165, 1.54) is 17.9 Å². The van der Waals surface area contributed by atoms with Crippen LogP contribution in [0.4, 0.5) is 19.0 Å². The number of aryl methyl sites for hydroxylation is 2. The maximum atomic E-state index is 12.9. The van der Waals surface area contributed by atoms with Crippen LogP contribution in [-0.4, -0.2) is 19.6 Å². The van der Waals surface area contributed by atoms with Crippen molar-refractivity contribution in [2.24, 2.45) is 14.1 Å². The molecule has 0 bridgehead atoms. The molecule has 0 saturated heterocycles.